The van der Waals surface area contributed by atoms with Gasteiger partial charge in [0, 0.05) is 12.7 Å². The van der Waals surface area contributed by atoms with Crippen molar-refractivity contribution in [2.45, 2.75) is 84.2 Å². The van der Waals surface area contributed by atoms with Gasteiger partial charge in [-0.2, -0.15) is 0 Å². The predicted molar refractivity (Wildman–Crippen MR) is 140 cm³/mol. The van der Waals surface area contributed by atoms with Gasteiger partial charge in [-0.1, -0.05) is 38.8 Å². The lowest BCUT2D eigenvalue weighted by Gasteiger charge is -2.37. The Balaban J connectivity index is 1.38. The van der Waals surface area contributed by atoms with E-state index in [4.69, 9.17) is 18.9 Å². The van der Waals surface area contributed by atoms with Gasteiger partial charge in [0.25, 0.3) is 0 Å². The quantitative estimate of drug-likeness (QED) is 0.131. The fraction of sp³-hybridized carbons (Fsp3) is 0.667. The molecule has 200 valence electrons. The molecule has 2 aliphatic carbocycles. The van der Waals surface area contributed by atoms with E-state index in [1.165, 1.54) is 32.1 Å². The lowest BCUT2D eigenvalue weighted by atomic mass is 9.69. The predicted octanol–water partition coefficient (Wildman–Crippen LogP) is 6.65. The average molecular weight is 501 g/mol. The molecule has 2 saturated carbocycles. The highest BCUT2D eigenvalue weighted by atomic mass is 16.6. The SMILES string of the molecule is C=CC(=O)OCCCCOCc1ccc(OC(=O)C2CCC(C3CCC(CC)CC3)CC2)c(OC)c1. The Morgan fingerprint density at radius 2 is 1.61 bits per heavy atom. The molecule has 6 nitrogen and oxygen atoms in total. The van der Waals surface area contributed by atoms with Gasteiger partial charge in [-0.25, -0.2) is 4.79 Å². The van der Waals surface area contributed by atoms with Crippen molar-refractivity contribution in [3.05, 3.63) is 36.4 Å². The molecule has 0 N–H and O–H groups in total. The number of esters is 2. The summed E-state index contributed by atoms with van der Waals surface area (Å²) in [6, 6.07) is 5.56. The third-order valence-electron chi connectivity index (χ3n) is 8.04. The summed E-state index contributed by atoms with van der Waals surface area (Å²) < 4.78 is 21.9. The smallest absolute Gasteiger partial charge is 0.330 e. The standard InChI is InChI=1S/C30H44O6/c1-4-22-8-11-24(12-9-22)25-13-15-26(16-14-25)30(32)36-27-17-10-23(20-28(27)33-3)21-34-18-6-7-19-35-29(31)5-2/h5,10,17,20,22,24-26H,2,4,6-9,11-16,18-19,21H2,1,3H3. The number of ether oxygens (including phenoxy) is 4. The van der Waals surface area contributed by atoms with Gasteiger partial charge in [-0.3, -0.25) is 4.79 Å². The molecule has 0 bridgehead atoms. The van der Waals surface area contributed by atoms with Crippen LogP contribution in [-0.2, 0) is 25.7 Å². The molecule has 0 heterocycles. The molecular formula is C30H44O6. The Morgan fingerprint density at radius 1 is 0.944 bits per heavy atom. The van der Waals surface area contributed by atoms with E-state index in [1.807, 2.05) is 12.1 Å². The fourth-order valence-corrected chi connectivity index (χ4v) is 5.70. The molecule has 0 amide bonds. The van der Waals surface area contributed by atoms with E-state index in [0.29, 0.717) is 31.3 Å². The second kappa shape index (κ2) is 15.0. The summed E-state index contributed by atoms with van der Waals surface area (Å²) in [6.07, 6.45) is 13.7. The molecule has 0 spiro atoms. The van der Waals surface area contributed by atoms with Gasteiger partial charge in [-0.05, 0) is 86.8 Å². The number of hydrogen-bond acceptors (Lipinski definition) is 6. The van der Waals surface area contributed by atoms with Gasteiger partial charge in [0.15, 0.2) is 11.5 Å². The Labute approximate surface area is 216 Å². The van der Waals surface area contributed by atoms with Crippen molar-refractivity contribution in [2.24, 2.45) is 23.7 Å². The van der Waals surface area contributed by atoms with Gasteiger partial charge < -0.3 is 18.9 Å². The van der Waals surface area contributed by atoms with Gasteiger partial charge in [-0.15, -0.1) is 0 Å². The maximum Gasteiger partial charge on any atom is 0.330 e. The molecule has 6 heteroatoms. The molecule has 0 atom stereocenters. The summed E-state index contributed by atoms with van der Waals surface area (Å²) in [5, 5.41) is 0. The summed E-state index contributed by atoms with van der Waals surface area (Å²) in [5.74, 6) is 3.02. The second-order valence-corrected chi connectivity index (χ2v) is 10.3. The zero-order chi connectivity index (χ0) is 25.8. The van der Waals surface area contributed by atoms with Crippen LogP contribution in [0.3, 0.4) is 0 Å². The zero-order valence-electron chi connectivity index (χ0n) is 22.2. The summed E-state index contributed by atoms with van der Waals surface area (Å²) >= 11 is 0. The monoisotopic (exact) mass is 500 g/mol. The Hall–Kier alpha value is -2.34. The minimum absolute atomic E-state index is 0.0216. The van der Waals surface area contributed by atoms with Crippen LogP contribution in [0.5, 0.6) is 11.5 Å². The second-order valence-electron chi connectivity index (χ2n) is 10.3. The van der Waals surface area contributed by atoms with Crippen LogP contribution in [0, 0.1) is 23.7 Å². The minimum Gasteiger partial charge on any atom is -0.493 e. The van der Waals surface area contributed by atoms with Crippen molar-refractivity contribution in [3.63, 3.8) is 0 Å². The van der Waals surface area contributed by atoms with E-state index < -0.39 is 5.97 Å². The Kier molecular flexibility index (Phi) is 11.8. The van der Waals surface area contributed by atoms with Crippen LogP contribution in [0.4, 0.5) is 0 Å². The van der Waals surface area contributed by atoms with Crippen molar-refractivity contribution >= 4 is 11.9 Å². The zero-order valence-corrected chi connectivity index (χ0v) is 22.2. The highest BCUT2D eigenvalue weighted by Crippen LogP contribution is 2.42. The highest BCUT2D eigenvalue weighted by Gasteiger charge is 2.33. The first-order chi connectivity index (χ1) is 17.5. The van der Waals surface area contributed by atoms with Crippen molar-refractivity contribution in [1.82, 2.24) is 0 Å². The molecule has 0 unspecified atom stereocenters. The third kappa shape index (κ3) is 8.65. The number of hydrogen-bond donors (Lipinski definition) is 0. The van der Waals surface area contributed by atoms with Crippen LogP contribution in [0.2, 0.25) is 0 Å². The molecule has 0 aromatic heterocycles. The van der Waals surface area contributed by atoms with Crippen molar-refractivity contribution in [3.8, 4) is 11.5 Å². The van der Waals surface area contributed by atoms with Crippen molar-refractivity contribution in [1.29, 1.82) is 0 Å². The summed E-state index contributed by atoms with van der Waals surface area (Å²) in [6.45, 7) is 7.04. The van der Waals surface area contributed by atoms with Crippen LogP contribution < -0.4 is 9.47 Å². The molecule has 2 aliphatic rings. The average Bonchev–Trinajstić information content (AvgIpc) is 2.93. The number of unbranched alkanes of at least 4 members (excludes halogenated alkanes) is 1. The topological polar surface area (TPSA) is 71.1 Å². The third-order valence-corrected chi connectivity index (χ3v) is 8.04. The molecular weight excluding hydrogens is 456 g/mol. The van der Waals surface area contributed by atoms with Crippen LogP contribution in [0.1, 0.15) is 83.1 Å². The minimum atomic E-state index is -0.402. The lowest BCUT2D eigenvalue weighted by molar-refractivity contribution is -0.140. The number of rotatable bonds is 13. The summed E-state index contributed by atoms with van der Waals surface area (Å²) in [7, 11) is 1.58. The maximum atomic E-state index is 12.9. The highest BCUT2D eigenvalue weighted by molar-refractivity contribution is 5.81. The largest absolute Gasteiger partial charge is 0.493 e. The molecule has 0 aliphatic heterocycles. The van der Waals surface area contributed by atoms with Gasteiger partial charge in [0.2, 0.25) is 0 Å². The van der Waals surface area contributed by atoms with Gasteiger partial charge in [0.1, 0.15) is 0 Å². The molecule has 0 saturated heterocycles. The summed E-state index contributed by atoms with van der Waals surface area (Å²) in [4.78, 5) is 23.9. The van der Waals surface area contributed by atoms with Gasteiger partial charge >= 0.3 is 11.9 Å². The van der Waals surface area contributed by atoms with E-state index in [9.17, 15) is 9.59 Å². The van der Waals surface area contributed by atoms with E-state index in [1.54, 1.807) is 13.2 Å². The summed E-state index contributed by atoms with van der Waals surface area (Å²) in [5.41, 5.74) is 0.947. The number of benzene rings is 1. The number of carbonyl (C=O) groups excluding carboxylic acids is 2. The van der Waals surface area contributed by atoms with Crippen LogP contribution in [0.25, 0.3) is 0 Å². The van der Waals surface area contributed by atoms with E-state index in [0.717, 1.165) is 67.9 Å². The molecule has 1 aromatic carbocycles. The first-order valence-corrected chi connectivity index (χ1v) is 13.8. The fourth-order valence-electron chi connectivity index (χ4n) is 5.70. The molecule has 36 heavy (non-hydrogen) atoms. The van der Waals surface area contributed by atoms with Gasteiger partial charge in [0.05, 0.1) is 26.2 Å². The van der Waals surface area contributed by atoms with E-state index in [2.05, 4.69) is 13.5 Å². The molecule has 0 radical (unpaired) electrons. The first kappa shape index (κ1) is 28.2. The van der Waals surface area contributed by atoms with E-state index >= 15 is 0 Å². The molecule has 2 fully saturated rings. The van der Waals surface area contributed by atoms with Crippen molar-refractivity contribution in [2.75, 3.05) is 20.3 Å². The molecule has 3 rings (SSSR count). The Bertz CT molecular complexity index is 834. The van der Waals surface area contributed by atoms with Crippen LogP contribution in [0.15, 0.2) is 30.9 Å². The lowest BCUT2D eigenvalue weighted by Crippen LogP contribution is -2.30. The first-order valence-electron chi connectivity index (χ1n) is 13.8. The van der Waals surface area contributed by atoms with Crippen LogP contribution in [-0.4, -0.2) is 32.3 Å². The molecule has 1 aromatic rings. The maximum absolute atomic E-state index is 12.9. The number of methoxy groups -OCH3 is 1. The Morgan fingerprint density at radius 3 is 2.25 bits per heavy atom. The van der Waals surface area contributed by atoms with Crippen LogP contribution >= 0.6 is 0 Å². The number of carbonyl (C=O) groups is 2. The van der Waals surface area contributed by atoms with E-state index in [-0.39, 0.29) is 11.9 Å². The van der Waals surface area contributed by atoms with Crippen molar-refractivity contribution < 1.29 is 28.5 Å². The normalized spacial score (nSPS) is 24.1.